The SMILES string of the molecule is c1ccc(-c2nc(-c3ccccc3)nc(-c3cc4ccccc4c4sc(-c5ccccc5)nc34)n2)cc1. The fraction of sp³-hybridized carbons (Fsp3) is 0. The molecule has 174 valence electrons. The molecule has 7 aromatic rings. The van der Waals surface area contributed by atoms with E-state index < -0.39 is 0 Å². The van der Waals surface area contributed by atoms with Gasteiger partial charge in [0, 0.05) is 27.6 Å². The monoisotopic (exact) mass is 492 g/mol. The molecule has 4 nitrogen and oxygen atoms in total. The maximum atomic E-state index is 5.13. The van der Waals surface area contributed by atoms with Gasteiger partial charge in [-0.05, 0) is 11.5 Å². The van der Waals surface area contributed by atoms with E-state index in [4.69, 9.17) is 19.9 Å². The van der Waals surface area contributed by atoms with Crippen molar-refractivity contribution in [3.05, 3.63) is 121 Å². The fourth-order valence-corrected chi connectivity index (χ4v) is 5.67. The maximum absolute atomic E-state index is 5.13. The van der Waals surface area contributed by atoms with E-state index in [1.54, 1.807) is 11.3 Å². The number of thiazole rings is 1. The normalized spacial score (nSPS) is 11.2. The Balaban J connectivity index is 1.53. The van der Waals surface area contributed by atoms with E-state index in [9.17, 15) is 0 Å². The van der Waals surface area contributed by atoms with E-state index in [0.29, 0.717) is 17.5 Å². The number of nitrogens with zero attached hydrogens (tertiary/aromatic N) is 4. The van der Waals surface area contributed by atoms with Gasteiger partial charge in [0.15, 0.2) is 17.5 Å². The van der Waals surface area contributed by atoms with Crippen molar-refractivity contribution in [2.24, 2.45) is 0 Å². The molecule has 0 aliphatic carbocycles. The highest BCUT2D eigenvalue weighted by Crippen LogP contribution is 2.40. The van der Waals surface area contributed by atoms with Crippen LogP contribution < -0.4 is 0 Å². The smallest absolute Gasteiger partial charge is 0.166 e. The van der Waals surface area contributed by atoms with Crippen LogP contribution in [0.3, 0.4) is 0 Å². The molecule has 0 saturated carbocycles. The molecule has 0 aliphatic heterocycles. The summed E-state index contributed by atoms with van der Waals surface area (Å²) in [5.41, 5.74) is 4.81. The van der Waals surface area contributed by atoms with Crippen LogP contribution >= 0.6 is 11.3 Å². The Morgan fingerprint density at radius 1 is 0.459 bits per heavy atom. The van der Waals surface area contributed by atoms with Gasteiger partial charge < -0.3 is 0 Å². The van der Waals surface area contributed by atoms with E-state index in [2.05, 4.69) is 42.5 Å². The van der Waals surface area contributed by atoms with Gasteiger partial charge in [0.1, 0.15) is 5.01 Å². The summed E-state index contributed by atoms with van der Waals surface area (Å²) < 4.78 is 1.13. The van der Waals surface area contributed by atoms with Crippen LogP contribution in [0.5, 0.6) is 0 Å². The average molecular weight is 493 g/mol. The number of rotatable bonds is 4. The molecule has 37 heavy (non-hydrogen) atoms. The molecule has 2 aromatic heterocycles. The molecule has 5 heteroatoms. The van der Waals surface area contributed by atoms with E-state index >= 15 is 0 Å². The molecule has 0 bridgehead atoms. The lowest BCUT2D eigenvalue weighted by Crippen LogP contribution is -2.00. The Hall–Kier alpha value is -4.74. The zero-order valence-corrected chi connectivity index (χ0v) is 20.6. The molecule has 0 N–H and O–H groups in total. The highest BCUT2D eigenvalue weighted by atomic mass is 32.1. The number of benzene rings is 5. The standard InChI is InChI=1S/C32H20N4S/c1-4-12-21(13-5-1)29-34-30(22-14-6-2-7-15-22)36-31(35-29)26-20-24-18-10-11-19-25(24)28-27(26)33-32(37-28)23-16-8-3-9-17-23/h1-20H. The predicted octanol–water partition coefficient (Wildman–Crippen LogP) is 8.30. The summed E-state index contributed by atoms with van der Waals surface area (Å²) in [6.07, 6.45) is 0. The van der Waals surface area contributed by atoms with Crippen LogP contribution in [0, 0.1) is 0 Å². The summed E-state index contributed by atoms with van der Waals surface area (Å²) in [6, 6.07) is 41.0. The first-order chi connectivity index (χ1) is 18.3. The number of aromatic nitrogens is 4. The molecule has 0 unspecified atom stereocenters. The van der Waals surface area contributed by atoms with Gasteiger partial charge in [0.05, 0.1) is 10.2 Å². The summed E-state index contributed by atoms with van der Waals surface area (Å²) in [4.78, 5) is 19.9. The van der Waals surface area contributed by atoms with Crippen molar-refractivity contribution < 1.29 is 0 Å². The Labute approximate surface area is 218 Å². The van der Waals surface area contributed by atoms with Gasteiger partial charge in [0.2, 0.25) is 0 Å². The molecule has 0 spiro atoms. The molecule has 5 aromatic carbocycles. The minimum Gasteiger partial charge on any atom is -0.235 e. The molecule has 0 amide bonds. The first-order valence-electron chi connectivity index (χ1n) is 12.1. The van der Waals surface area contributed by atoms with Gasteiger partial charge in [-0.2, -0.15) is 0 Å². The second kappa shape index (κ2) is 9.04. The third kappa shape index (κ3) is 3.96. The van der Waals surface area contributed by atoms with Gasteiger partial charge in [-0.25, -0.2) is 19.9 Å². The van der Waals surface area contributed by atoms with Crippen molar-refractivity contribution >= 4 is 32.3 Å². The zero-order chi connectivity index (χ0) is 24.6. The lowest BCUT2D eigenvalue weighted by Gasteiger charge is -2.10. The minimum atomic E-state index is 0.619. The number of hydrogen-bond donors (Lipinski definition) is 0. The molecule has 0 radical (unpaired) electrons. The molecular formula is C32H20N4S. The highest BCUT2D eigenvalue weighted by Gasteiger charge is 2.19. The Bertz CT molecular complexity index is 1810. The third-order valence-electron chi connectivity index (χ3n) is 6.35. The topological polar surface area (TPSA) is 51.6 Å². The molecule has 0 fully saturated rings. The largest absolute Gasteiger partial charge is 0.235 e. The first-order valence-corrected chi connectivity index (χ1v) is 12.9. The van der Waals surface area contributed by atoms with Crippen LogP contribution in [0.4, 0.5) is 0 Å². The molecule has 0 saturated heterocycles. The van der Waals surface area contributed by atoms with E-state index in [-0.39, 0.29) is 0 Å². The predicted molar refractivity (Wildman–Crippen MR) is 152 cm³/mol. The van der Waals surface area contributed by atoms with E-state index in [1.165, 1.54) is 5.39 Å². The zero-order valence-electron chi connectivity index (χ0n) is 19.7. The Morgan fingerprint density at radius 3 is 1.59 bits per heavy atom. The quantitative estimate of drug-likeness (QED) is 0.248. The van der Waals surface area contributed by atoms with E-state index in [1.807, 2.05) is 78.9 Å². The second-order valence-electron chi connectivity index (χ2n) is 8.75. The van der Waals surface area contributed by atoms with Gasteiger partial charge in [-0.3, -0.25) is 0 Å². The molecule has 0 atom stereocenters. The number of fused-ring (bicyclic) bond motifs is 3. The van der Waals surface area contributed by atoms with E-state index in [0.717, 1.165) is 42.9 Å². The minimum absolute atomic E-state index is 0.619. The van der Waals surface area contributed by atoms with Crippen LogP contribution in [-0.2, 0) is 0 Å². The van der Waals surface area contributed by atoms with Crippen molar-refractivity contribution in [3.8, 4) is 44.7 Å². The van der Waals surface area contributed by atoms with Crippen LogP contribution in [0.25, 0.3) is 65.7 Å². The number of hydrogen-bond acceptors (Lipinski definition) is 5. The van der Waals surface area contributed by atoms with Crippen LogP contribution in [0.15, 0.2) is 121 Å². The van der Waals surface area contributed by atoms with Crippen LogP contribution in [0.1, 0.15) is 0 Å². The summed E-state index contributed by atoms with van der Waals surface area (Å²) in [6.45, 7) is 0. The molecule has 7 rings (SSSR count). The summed E-state index contributed by atoms with van der Waals surface area (Å²) >= 11 is 1.71. The van der Waals surface area contributed by atoms with Gasteiger partial charge in [-0.15, -0.1) is 11.3 Å². The summed E-state index contributed by atoms with van der Waals surface area (Å²) in [7, 11) is 0. The van der Waals surface area contributed by atoms with Crippen LogP contribution in [-0.4, -0.2) is 19.9 Å². The van der Waals surface area contributed by atoms with Crippen molar-refractivity contribution in [2.75, 3.05) is 0 Å². The van der Waals surface area contributed by atoms with Crippen LogP contribution in [0.2, 0.25) is 0 Å². The molecule has 2 heterocycles. The third-order valence-corrected chi connectivity index (χ3v) is 7.49. The van der Waals surface area contributed by atoms with Gasteiger partial charge >= 0.3 is 0 Å². The van der Waals surface area contributed by atoms with Crippen molar-refractivity contribution in [2.45, 2.75) is 0 Å². The second-order valence-corrected chi connectivity index (χ2v) is 9.75. The Kier molecular flexibility index (Phi) is 5.26. The Morgan fingerprint density at radius 2 is 0.973 bits per heavy atom. The summed E-state index contributed by atoms with van der Waals surface area (Å²) in [5.74, 6) is 1.90. The lowest BCUT2D eigenvalue weighted by molar-refractivity contribution is 1.08. The highest BCUT2D eigenvalue weighted by molar-refractivity contribution is 7.22. The molecular weight excluding hydrogens is 472 g/mol. The summed E-state index contributed by atoms with van der Waals surface area (Å²) in [5, 5.41) is 3.30. The van der Waals surface area contributed by atoms with Gasteiger partial charge in [0.25, 0.3) is 0 Å². The average Bonchev–Trinajstić information content (AvgIpc) is 3.44. The first kappa shape index (κ1) is 21.5. The molecule has 0 aliphatic rings. The van der Waals surface area contributed by atoms with Gasteiger partial charge in [-0.1, -0.05) is 115 Å². The maximum Gasteiger partial charge on any atom is 0.166 e. The van der Waals surface area contributed by atoms with Crippen molar-refractivity contribution in [1.82, 2.24) is 19.9 Å². The van der Waals surface area contributed by atoms with Crippen molar-refractivity contribution in [1.29, 1.82) is 0 Å². The lowest BCUT2D eigenvalue weighted by atomic mass is 10.0. The van der Waals surface area contributed by atoms with Crippen molar-refractivity contribution in [3.63, 3.8) is 0 Å². The fourth-order valence-electron chi connectivity index (χ4n) is 4.54.